The van der Waals surface area contributed by atoms with Crippen LogP contribution in [0, 0.1) is 0 Å². The summed E-state index contributed by atoms with van der Waals surface area (Å²) in [5.74, 6) is -0.548. The smallest absolute Gasteiger partial charge is 0.243 e. The molecule has 0 bridgehead atoms. The molecule has 3 rings (SSSR count). The lowest BCUT2D eigenvalue weighted by Gasteiger charge is -2.19. The number of nitrogens with one attached hydrogen (secondary N) is 2. The Morgan fingerprint density at radius 2 is 1.72 bits per heavy atom. The van der Waals surface area contributed by atoms with Crippen LogP contribution in [0.25, 0.3) is 0 Å². The Balaban J connectivity index is 1.72. The quantitative estimate of drug-likeness (QED) is 0.727. The molecule has 0 radical (unpaired) electrons. The molecule has 29 heavy (non-hydrogen) atoms. The molecule has 1 fully saturated rings. The number of anilines is 1. The summed E-state index contributed by atoms with van der Waals surface area (Å²) in [6.45, 7) is 2.45. The number of sulfonamides is 1. The van der Waals surface area contributed by atoms with E-state index in [0.29, 0.717) is 18.8 Å². The predicted octanol–water partition coefficient (Wildman–Crippen LogP) is 2.68. The number of hydrogen-bond acceptors (Lipinski definition) is 4. The Morgan fingerprint density at radius 3 is 2.38 bits per heavy atom. The van der Waals surface area contributed by atoms with Crippen molar-refractivity contribution in [1.82, 2.24) is 9.62 Å². The number of benzene rings is 2. The summed E-state index contributed by atoms with van der Waals surface area (Å²) in [5, 5.41) is 5.53. The molecule has 2 aromatic rings. The van der Waals surface area contributed by atoms with Crippen LogP contribution in [0.1, 0.15) is 37.8 Å². The lowest BCUT2D eigenvalue weighted by Crippen LogP contribution is -2.30. The highest BCUT2D eigenvalue weighted by Gasteiger charge is 2.27. The summed E-state index contributed by atoms with van der Waals surface area (Å²) < 4.78 is 26.9. The van der Waals surface area contributed by atoms with Crippen LogP contribution in [0.2, 0.25) is 0 Å². The zero-order valence-electron chi connectivity index (χ0n) is 16.3. The van der Waals surface area contributed by atoms with Gasteiger partial charge in [0.2, 0.25) is 21.8 Å². The van der Waals surface area contributed by atoms with E-state index in [1.807, 2.05) is 30.3 Å². The van der Waals surface area contributed by atoms with Crippen molar-refractivity contribution in [1.29, 1.82) is 0 Å². The summed E-state index contributed by atoms with van der Waals surface area (Å²) in [6.07, 6.45) is 1.76. The third-order valence-corrected chi connectivity index (χ3v) is 6.68. The van der Waals surface area contributed by atoms with Gasteiger partial charge in [-0.2, -0.15) is 4.31 Å². The van der Waals surface area contributed by atoms with E-state index in [9.17, 15) is 18.0 Å². The van der Waals surface area contributed by atoms with Gasteiger partial charge in [0.1, 0.15) is 0 Å². The second-order valence-corrected chi connectivity index (χ2v) is 8.99. The van der Waals surface area contributed by atoms with Crippen molar-refractivity contribution in [2.24, 2.45) is 0 Å². The third-order valence-electron chi connectivity index (χ3n) is 4.79. The molecule has 1 heterocycles. The van der Waals surface area contributed by atoms with E-state index in [2.05, 4.69) is 10.6 Å². The normalized spacial score (nSPS) is 15.6. The minimum Gasteiger partial charge on any atom is -0.349 e. The maximum absolute atomic E-state index is 12.7. The number of carbonyl (C=O) groups excluding carboxylic acids is 2. The summed E-state index contributed by atoms with van der Waals surface area (Å²) in [6, 6.07) is 15.0. The van der Waals surface area contributed by atoms with Gasteiger partial charge >= 0.3 is 0 Å². The van der Waals surface area contributed by atoms with Gasteiger partial charge < -0.3 is 10.6 Å². The van der Waals surface area contributed by atoms with Gasteiger partial charge in [-0.3, -0.25) is 9.59 Å². The van der Waals surface area contributed by atoms with Crippen molar-refractivity contribution in [3.8, 4) is 0 Å². The van der Waals surface area contributed by atoms with Crippen LogP contribution >= 0.6 is 0 Å². The molecule has 0 saturated carbocycles. The molecule has 2 aromatic carbocycles. The predicted molar refractivity (Wildman–Crippen MR) is 111 cm³/mol. The van der Waals surface area contributed by atoms with Gasteiger partial charge in [-0.25, -0.2) is 8.42 Å². The maximum atomic E-state index is 12.7. The fourth-order valence-corrected chi connectivity index (χ4v) is 4.96. The number of amides is 2. The molecule has 0 aromatic heterocycles. The van der Waals surface area contributed by atoms with E-state index in [1.54, 1.807) is 12.1 Å². The lowest BCUT2D eigenvalue weighted by atomic mass is 10.0. The molecule has 1 atom stereocenters. The van der Waals surface area contributed by atoms with Gasteiger partial charge in [0.05, 0.1) is 17.4 Å². The first-order valence-electron chi connectivity index (χ1n) is 9.58. The Kier molecular flexibility index (Phi) is 6.66. The van der Waals surface area contributed by atoms with E-state index >= 15 is 0 Å². The Morgan fingerprint density at radius 1 is 1.03 bits per heavy atom. The van der Waals surface area contributed by atoms with Crippen molar-refractivity contribution in [2.75, 3.05) is 18.4 Å². The minimum absolute atomic E-state index is 0.0344. The van der Waals surface area contributed by atoms with Gasteiger partial charge in [-0.05, 0) is 36.6 Å². The van der Waals surface area contributed by atoms with Crippen molar-refractivity contribution in [3.05, 3.63) is 60.2 Å². The first-order chi connectivity index (χ1) is 13.9. The monoisotopic (exact) mass is 415 g/mol. The number of hydrogen-bond donors (Lipinski definition) is 2. The number of nitrogens with zero attached hydrogens (tertiary/aromatic N) is 1. The number of rotatable bonds is 7. The van der Waals surface area contributed by atoms with Gasteiger partial charge in [-0.1, -0.05) is 36.4 Å². The van der Waals surface area contributed by atoms with Gasteiger partial charge in [0.15, 0.2) is 0 Å². The topological polar surface area (TPSA) is 95.6 Å². The van der Waals surface area contributed by atoms with Crippen LogP contribution in [0.5, 0.6) is 0 Å². The van der Waals surface area contributed by atoms with Crippen LogP contribution < -0.4 is 10.6 Å². The number of carbonyl (C=O) groups is 2. The molecule has 1 aliphatic rings. The minimum atomic E-state index is -3.55. The standard InChI is InChI=1S/C21H25N3O4S/c1-16(25)22-20(17-8-3-2-4-9-17)15-21(26)23-18-10-7-11-19(14-18)29(27,28)24-12-5-6-13-24/h2-4,7-11,14,20H,5-6,12-13,15H2,1H3,(H,22,25)(H,23,26). The molecular weight excluding hydrogens is 390 g/mol. The summed E-state index contributed by atoms with van der Waals surface area (Å²) in [7, 11) is -3.55. The van der Waals surface area contributed by atoms with Crippen LogP contribution in [0.4, 0.5) is 5.69 Å². The molecule has 1 aliphatic heterocycles. The molecule has 7 nitrogen and oxygen atoms in total. The van der Waals surface area contributed by atoms with E-state index in [-0.39, 0.29) is 23.1 Å². The van der Waals surface area contributed by atoms with E-state index in [4.69, 9.17) is 0 Å². The third kappa shape index (κ3) is 5.42. The second kappa shape index (κ2) is 9.19. The average molecular weight is 416 g/mol. The Hall–Kier alpha value is -2.71. The second-order valence-electron chi connectivity index (χ2n) is 7.06. The zero-order valence-corrected chi connectivity index (χ0v) is 17.1. The average Bonchev–Trinajstić information content (AvgIpc) is 3.24. The molecule has 0 aliphatic carbocycles. The van der Waals surface area contributed by atoms with Crippen LogP contribution in [0.15, 0.2) is 59.5 Å². The molecule has 0 spiro atoms. The first-order valence-corrected chi connectivity index (χ1v) is 11.0. The van der Waals surface area contributed by atoms with Crippen molar-refractivity contribution < 1.29 is 18.0 Å². The highest BCUT2D eigenvalue weighted by atomic mass is 32.2. The fourth-order valence-electron chi connectivity index (χ4n) is 3.39. The molecule has 8 heteroatoms. The maximum Gasteiger partial charge on any atom is 0.243 e. The van der Waals surface area contributed by atoms with Crippen molar-refractivity contribution in [2.45, 2.75) is 37.1 Å². The van der Waals surface area contributed by atoms with Gasteiger partial charge in [-0.15, -0.1) is 0 Å². The highest BCUT2D eigenvalue weighted by molar-refractivity contribution is 7.89. The zero-order chi connectivity index (χ0) is 20.9. The van der Waals surface area contributed by atoms with E-state index in [1.165, 1.54) is 23.4 Å². The van der Waals surface area contributed by atoms with Crippen LogP contribution in [-0.2, 0) is 19.6 Å². The molecule has 2 amide bonds. The molecular formula is C21H25N3O4S. The fraction of sp³-hybridized carbons (Fsp3) is 0.333. The largest absolute Gasteiger partial charge is 0.349 e. The van der Waals surface area contributed by atoms with Crippen molar-refractivity contribution in [3.63, 3.8) is 0 Å². The molecule has 1 saturated heterocycles. The van der Waals surface area contributed by atoms with E-state index in [0.717, 1.165) is 18.4 Å². The van der Waals surface area contributed by atoms with Gasteiger partial charge in [0.25, 0.3) is 0 Å². The molecule has 154 valence electrons. The van der Waals surface area contributed by atoms with Crippen molar-refractivity contribution >= 4 is 27.5 Å². The Bertz CT molecular complexity index is 970. The summed E-state index contributed by atoms with van der Waals surface area (Å²) in [5.41, 5.74) is 1.23. The van der Waals surface area contributed by atoms with E-state index < -0.39 is 16.1 Å². The SMILES string of the molecule is CC(=O)NC(CC(=O)Nc1cccc(S(=O)(=O)N2CCCC2)c1)c1ccccc1. The molecule has 1 unspecified atom stereocenters. The van der Waals surface area contributed by atoms with Gasteiger partial charge in [0, 0.05) is 25.7 Å². The highest BCUT2D eigenvalue weighted by Crippen LogP contribution is 2.24. The van der Waals surface area contributed by atoms with Crippen LogP contribution in [0.3, 0.4) is 0 Å². The lowest BCUT2D eigenvalue weighted by molar-refractivity contribution is -0.120. The Labute approximate surface area is 171 Å². The first kappa shape index (κ1) is 21.0. The summed E-state index contributed by atoms with van der Waals surface area (Å²) >= 11 is 0. The summed E-state index contributed by atoms with van der Waals surface area (Å²) in [4.78, 5) is 24.3. The van der Waals surface area contributed by atoms with Crippen LogP contribution in [-0.4, -0.2) is 37.6 Å². The molecule has 2 N–H and O–H groups in total.